The van der Waals surface area contributed by atoms with Crippen LogP contribution >= 0.6 is 23.2 Å². The number of nitrogens with zero attached hydrogens (tertiary/aromatic N) is 1. The van der Waals surface area contributed by atoms with Crippen molar-refractivity contribution in [3.8, 4) is 0 Å². The first kappa shape index (κ1) is 23.7. The van der Waals surface area contributed by atoms with Gasteiger partial charge in [-0.25, -0.2) is 13.8 Å². The lowest BCUT2D eigenvalue weighted by Crippen LogP contribution is -2.49. The molecule has 0 aliphatic heterocycles. The molecule has 1 aromatic heterocycles. The van der Waals surface area contributed by atoms with Crippen LogP contribution in [-0.4, -0.2) is 27.8 Å². The van der Waals surface area contributed by atoms with Crippen LogP contribution in [0.5, 0.6) is 0 Å². The molecule has 1 saturated carbocycles. The molecule has 0 spiro atoms. The van der Waals surface area contributed by atoms with Gasteiger partial charge in [0.2, 0.25) is 0 Å². The van der Waals surface area contributed by atoms with E-state index in [0.29, 0.717) is 6.07 Å². The molecule has 1 amide bonds. The van der Waals surface area contributed by atoms with Crippen molar-refractivity contribution in [1.29, 1.82) is 0 Å². The molecule has 0 bridgehead atoms. The fourth-order valence-corrected chi connectivity index (χ4v) is 4.00. The van der Waals surface area contributed by atoms with Crippen molar-refractivity contribution in [3.05, 3.63) is 63.1 Å². The Morgan fingerprint density at radius 2 is 1.84 bits per heavy atom. The Labute approximate surface area is 184 Å². The average molecular weight is 483 g/mol. The Bertz CT molecular complexity index is 979. The highest BCUT2D eigenvalue weighted by atomic mass is 35.5. The fourth-order valence-electron chi connectivity index (χ4n) is 3.57. The molecule has 2 aromatic rings. The molecule has 2 N–H and O–H groups in total. The van der Waals surface area contributed by atoms with Gasteiger partial charge in [0.25, 0.3) is 5.91 Å². The minimum atomic E-state index is -4.82. The van der Waals surface area contributed by atoms with E-state index in [1.54, 1.807) is 0 Å². The van der Waals surface area contributed by atoms with Crippen molar-refractivity contribution < 1.29 is 31.9 Å². The van der Waals surface area contributed by atoms with Crippen LogP contribution in [0.15, 0.2) is 30.3 Å². The molecule has 1 atom stereocenters. The number of aliphatic hydroxyl groups is 1. The number of amides is 1. The number of carbonyl (C=O) groups excluding carboxylic acids is 1. The van der Waals surface area contributed by atoms with Gasteiger partial charge in [0.05, 0.1) is 21.7 Å². The second-order valence-corrected chi connectivity index (χ2v) is 8.14. The lowest BCUT2D eigenvalue weighted by Gasteiger charge is -2.41. The molecular formula is C20H17Cl2F5N2O2. The molecular weight excluding hydrogens is 466 g/mol. The predicted molar refractivity (Wildman–Crippen MR) is 104 cm³/mol. The number of aromatic nitrogens is 1. The molecule has 31 heavy (non-hydrogen) atoms. The summed E-state index contributed by atoms with van der Waals surface area (Å²) in [7, 11) is 0. The van der Waals surface area contributed by atoms with Gasteiger partial charge in [-0.3, -0.25) is 4.79 Å². The summed E-state index contributed by atoms with van der Waals surface area (Å²) >= 11 is 11.9. The van der Waals surface area contributed by atoms with E-state index in [4.69, 9.17) is 23.2 Å². The Hall–Kier alpha value is -1.97. The monoisotopic (exact) mass is 482 g/mol. The zero-order valence-corrected chi connectivity index (χ0v) is 17.3. The maximum absolute atomic E-state index is 14.1. The van der Waals surface area contributed by atoms with Gasteiger partial charge in [-0.1, -0.05) is 35.3 Å². The summed E-state index contributed by atoms with van der Waals surface area (Å²) in [6, 6.07) is 3.88. The third-order valence-electron chi connectivity index (χ3n) is 5.24. The van der Waals surface area contributed by atoms with Gasteiger partial charge in [-0.15, -0.1) is 0 Å². The normalized spacial score (nSPS) is 22.8. The minimum Gasteiger partial charge on any atom is -0.387 e. The number of halogens is 7. The number of nitrogens with one attached hydrogen (secondary N) is 1. The second kappa shape index (κ2) is 8.88. The zero-order chi connectivity index (χ0) is 23.0. The van der Waals surface area contributed by atoms with E-state index in [1.807, 2.05) is 0 Å². The van der Waals surface area contributed by atoms with Gasteiger partial charge in [-0.2, -0.15) is 13.2 Å². The first-order valence-corrected chi connectivity index (χ1v) is 10.0. The predicted octanol–water partition coefficient (Wildman–Crippen LogP) is 5.66. The lowest BCUT2D eigenvalue weighted by molar-refractivity contribution is -0.141. The topological polar surface area (TPSA) is 62.2 Å². The molecule has 0 radical (unpaired) electrons. The summed E-state index contributed by atoms with van der Waals surface area (Å²) in [5, 5.41) is 12.8. The van der Waals surface area contributed by atoms with E-state index in [9.17, 15) is 31.9 Å². The SMILES string of the molecule is O=C(NC(c1cccc(F)c1Cl)[C@]1(O)CC[C@@H](F)CC1)c1nc(C(F)(F)F)ccc1Cl. The third kappa shape index (κ3) is 5.10. The van der Waals surface area contributed by atoms with E-state index in [-0.39, 0.29) is 41.3 Å². The summed E-state index contributed by atoms with van der Waals surface area (Å²) < 4.78 is 66.7. The molecule has 1 heterocycles. The van der Waals surface area contributed by atoms with Crippen LogP contribution in [0.4, 0.5) is 22.0 Å². The molecule has 1 unspecified atom stereocenters. The number of hydrogen-bond donors (Lipinski definition) is 2. The highest BCUT2D eigenvalue weighted by molar-refractivity contribution is 6.33. The van der Waals surface area contributed by atoms with Crippen LogP contribution < -0.4 is 5.32 Å². The van der Waals surface area contributed by atoms with Crippen molar-refractivity contribution >= 4 is 29.1 Å². The number of rotatable bonds is 4. The van der Waals surface area contributed by atoms with E-state index in [2.05, 4.69) is 10.3 Å². The van der Waals surface area contributed by atoms with E-state index in [1.165, 1.54) is 12.1 Å². The summed E-state index contributed by atoms with van der Waals surface area (Å²) in [6.07, 6.45) is -6.18. The minimum absolute atomic E-state index is 0.00192. The van der Waals surface area contributed by atoms with Crippen LogP contribution in [0.25, 0.3) is 0 Å². The van der Waals surface area contributed by atoms with Crippen molar-refractivity contribution in [2.24, 2.45) is 0 Å². The molecule has 3 rings (SSSR count). The van der Waals surface area contributed by atoms with E-state index < -0.39 is 47.1 Å². The largest absolute Gasteiger partial charge is 0.433 e. The van der Waals surface area contributed by atoms with Gasteiger partial charge >= 0.3 is 6.18 Å². The van der Waals surface area contributed by atoms with Crippen molar-refractivity contribution in [2.75, 3.05) is 0 Å². The number of hydrogen-bond acceptors (Lipinski definition) is 3. The van der Waals surface area contributed by atoms with Crippen LogP contribution in [0.3, 0.4) is 0 Å². The van der Waals surface area contributed by atoms with Crippen molar-refractivity contribution in [3.63, 3.8) is 0 Å². The van der Waals surface area contributed by atoms with Gasteiger partial charge in [0.1, 0.15) is 23.4 Å². The Morgan fingerprint density at radius 3 is 2.45 bits per heavy atom. The standard InChI is InChI=1S/C20H17Cl2F5N2O2/c21-12-4-5-14(20(25,26)27)28-16(12)18(30)29-17(11-2-1-3-13(24)15(11)22)19(31)8-6-10(23)7-9-19/h1-5,10,17,31H,6-9H2,(H,29,30)/t10-,17?,19+. The molecule has 168 valence electrons. The van der Waals surface area contributed by atoms with E-state index >= 15 is 0 Å². The molecule has 11 heteroatoms. The molecule has 0 saturated heterocycles. The van der Waals surface area contributed by atoms with Gasteiger partial charge in [0.15, 0.2) is 0 Å². The summed E-state index contributed by atoms with van der Waals surface area (Å²) in [4.78, 5) is 16.1. The average Bonchev–Trinajstić information content (AvgIpc) is 2.70. The van der Waals surface area contributed by atoms with Crippen LogP contribution in [0, 0.1) is 5.82 Å². The number of alkyl halides is 4. The molecule has 4 nitrogen and oxygen atoms in total. The van der Waals surface area contributed by atoms with E-state index in [0.717, 1.165) is 12.1 Å². The van der Waals surface area contributed by atoms with Gasteiger partial charge in [0, 0.05) is 0 Å². The Kier molecular flexibility index (Phi) is 6.78. The quantitative estimate of drug-likeness (QED) is 0.552. The van der Waals surface area contributed by atoms with Gasteiger partial charge < -0.3 is 10.4 Å². The maximum atomic E-state index is 14.1. The maximum Gasteiger partial charge on any atom is 0.433 e. The number of carbonyl (C=O) groups is 1. The summed E-state index contributed by atoms with van der Waals surface area (Å²) in [5.41, 5.74) is -3.78. The Morgan fingerprint density at radius 1 is 1.19 bits per heavy atom. The lowest BCUT2D eigenvalue weighted by atomic mass is 9.76. The van der Waals surface area contributed by atoms with Crippen LogP contribution in [-0.2, 0) is 6.18 Å². The molecule has 1 aromatic carbocycles. The van der Waals surface area contributed by atoms with Crippen molar-refractivity contribution in [2.45, 2.75) is 49.7 Å². The van der Waals surface area contributed by atoms with Crippen LogP contribution in [0.1, 0.15) is 53.5 Å². The first-order valence-electron chi connectivity index (χ1n) is 9.27. The fraction of sp³-hybridized carbons (Fsp3) is 0.400. The Balaban J connectivity index is 2.01. The molecule has 1 fully saturated rings. The molecule has 1 aliphatic rings. The highest BCUT2D eigenvalue weighted by Gasteiger charge is 2.43. The van der Waals surface area contributed by atoms with Crippen LogP contribution in [0.2, 0.25) is 10.0 Å². The smallest absolute Gasteiger partial charge is 0.387 e. The third-order valence-corrected chi connectivity index (χ3v) is 5.94. The van der Waals surface area contributed by atoms with Gasteiger partial charge in [-0.05, 0) is 49.4 Å². The second-order valence-electron chi connectivity index (χ2n) is 7.35. The highest BCUT2D eigenvalue weighted by Crippen LogP contribution is 2.42. The number of benzene rings is 1. The summed E-state index contributed by atoms with van der Waals surface area (Å²) in [6.45, 7) is 0. The molecule has 1 aliphatic carbocycles. The van der Waals surface area contributed by atoms with Crippen molar-refractivity contribution in [1.82, 2.24) is 10.3 Å². The number of pyridine rings is 1. The summed E-state index contributed by atoms with van der Waals surface area (Å²) in [5.74, 6) is -1.95. The zero-order valence-electron chi connectivity index (χ0n) is 15.8. The first-order chi connectivity index (χ1) is 14.4.